The van der Waals surface area contributed by atoms with Crippen molar-refractivity contribution in [3.8, 4) is 0 Å². The normalized spacial score (nSPS) is 9.88. The van der Waals surface area contributed by atoms with Crippen molar-refractivity contribution in [1.29, 1.82) is 0 Å². The van der Waals surface area contributed by atoms with E-state index in [2.05, 4.69) is 42.2 Å². The van der Waals surface area contributed by atoms with Crippen LogP contribution in [0.25, 0.3) is 0 Å². The van der Waals surface area contributed by atoms with Crippen LogP contribution in [0.15, 0.2) is 152 Å². The minimum atomic E-state index is -0.531. The minimum Gasteiger partial charge on any atom is -0.465 e. The number of nitrogens with zero attached hydrogens (tertiary/aromatic N) is 3. The van der Waals surface area contributed by atoms with Gasteiger partial charge in [0.05, 0.1) is 38.9 Å². The zero-order valence-electron chi connectivity index (χ0n) is 56.1. The Balaban J connectivity index is -0.000000504. The zero-order chi connectivity index (χ0) is 69.8. The van der Waals surface area contributed by atoms with Crippen molar-refractivity contribution in [1.82, 2.24) is 20.4 Å². The summed E-state index contributed by atoms with van der Waals surface area (Å²) in [4.78, 5) is 113. The molecule has 2 atom stereocenters. The van der Waals surface area contributed by atoms with E-state index < -0.39 is 17.8 Å². The molecule has 0 radical (unpaired) electrons. The average molecular weight is 1340 g/mol. The molecule has 2 N–H and O–H groups in total. The first-order valence-electron chi connectivity index (χ1n) is 28.8. The molecule has 0 saturated carbocycles. The van der Waals surface area contributed by atoms with Crippen molar-refractivity contribution >= 4 is 64.1 Å². The third kappa shape index (κ3) is 36.0. The van der Waals surface area contributed by atoms with Gasteiger partial charge < -0.3 is 18.9 Å². The Morgan fingerprint density at radius 3 is 1.22 bits per heavy atom. The number of carbonyl (C=O) groups excluding carboxylic acids is 9. The van der Waals surface area contributed by atoms with Gasteiger partial charge >= 0.3 is 17.9 Å². The van der Waals surface area contributed by atoms with Crippen LogP contribution in [0.3, 0.4) is 0 Å². The van der Waals surface area contributed by atoms with Crippen LogP contribution in [-0.4, -0.2) is 107 Å². The summed E-state index contributed by atoms with van der Waals surface area (Å²) in [5, 5.41) is 8.26. The molecule has 0 fully saturated rings. The number of Topliss-reactive ketones (excluding diaryl/α,β-unsaturated/α-hetero) is 5. The molecule has 2 unspecified atom stereocenters. The van der Waals surface area contributed by atoms with E-state index >= 15 is 0 Å². The number of hydrogen-bond donors (Lipinski definition) is 2. The van der Waals surface area contributed by atoms with Crippen molar-refractivity contribution in [2.75, 3.05) is 28.4 Å². The van der Waals surface area contributed by atoms with Crippen molar-refractivity contribution < 1.29 is 67.3 Å². The Morgan fingerprint density at radius 1 is 0.417 bits per heavy atom. The monoisotopic (exact) mass is 1340 g/mol. The molecule has 0 aliphatic carbocycles. The maximum Gasteiger partial charge on any atom is 0.356 e. The Bertz CT molecular complexity index is 3620. The van der Waals surface area contributed by atoms with Crippen LogP contribution >= 0.6 is 11.3 Å². The van der Waals surface area contributed by atoms with E-state index in [9.17, 15) is 43.2 Å². The molecular weight excluding hydrogens is 1240 g/mol. The van der Waals surface area contributed by atoms with E-state index in [0.717, 1.165) is 44.0 Å². The number of benzene rings is 4. The zero-order valence-corrected chi connectivity index (χ0v) is 56.9. The van der Waals surface area contributed by atoms with Crippen molar-refractivity contribution in [2.45, 2.75) is 146 Å². The number of aromatic nitrogens is 3. The molecule has 8 rings (SSSR count). The minimum absolute atomic E-state index is 0. The number of ketones is 5. The van der Waals surface area contributed by atoms with Gasteiger partial charge in [0.2, 0.25) is 0 Å². The molecule has 4 heterocycles. The van der Waals surface area contributed by atoms with E-state index in [1.807, 2.05) is 140 Å². The standard InChI is InChI=1S/C13H18O2.C11H12O3.C10H11NO3.C9H10O.C8H9NO2.C8H9NO.C7H9N.C7H8O2S.4CH4/c1-9-5-7-12(8-6-9)13(10(2)14)11(3)15-4;1-7-4-9(8(2)12)6-10(5-7)11(13)14-3;1-6-4-8(7(2)12)11-9(5-6)10(13)14-3;1-7-3-5-9(6-4-7)8(2)10;1-6-2-4-7(5-3-6)8(10)9-11;1-6-3-4-9-8(5-6)7(2)10;1-6-3-4-8-7(2)5-6;1-5-3-4-6(10-5)7(8)9-2;;;;/h5-8,11,13H,1-4H3;4-6H,1-3H3;4-5H,1-3H3;3-6H,1-2H3;2-5,11H,1H3,(H,9,10);3-5H,1-2H3;3-5H,1-2H3;3-4H,1-2H3;4*1H4. The second kappa shape index (κ2) is 48.8. The van der Waals surface area contributed by atoms with Gasteiger partial charge in [-0.3, -0.25) is 43.9 Å². The Kier molecular flexibility index (Phi) is 47.1. The second-order valence-corrected chi connectivity index (χ2v) is 22.2. The molecule has 4 aromatic carbocycles. The van der Waals surface area contributed by atoms with Crippen molar-refractivity contribution in [3.05, 3.63) is 251 Å². The van der Waals surface area contributed by atoms with Gasteiger partial charge in [0, 0.05) is 60.6 Å². The highest BCUT2D eigenvalue weighted by molar-refractivity contribution is 7.13. The average Bonchev–Trinajstić information content (AvgIpc) is 1.20. The summed E-state index contributed by atoms with van der Waals surface area (Å²) < 4.78 is 18.8. The van der Waals surface area contributed by atoms with Crippen LogP contribution < -0.4 is 5.48 Å². The van der Waals surface area contributed by atoms with Crippen LogP contribution in [0, 0.1) is 62.3 Å². The van der Waals surface area contributed by atoms with E-state index in [-0.39, 0.29) is 88.0 Å². The molecule has 8 aromatic rings. The van der Waals surface area contributed by atoms with Gasteiger partial charge in [0.1, 0.15) is 27.7 Å². The number of rotatable bonds is 12. The van der Waals surface area contributed by atoms with E-state index in [1.165, 1.54) is 70.1 Å². The number of methoxy groups -OCH3 is 4. The largest absolute Gasteiger partial charge is 0.465 e. The predicted octanol–water partition coefficient (Wildman–Crippen LogP) is 17.1. The highest BCUT2D eigenvalue weighted by Gasteiger charge is 2.23. The third-order valence-corrected chi connectivity index (χ3v) is 13.7. The molecule has 0 saturated heterocycles. The van der Waals surface area contributed by atoms with Gasteiger partial charge in [-0.1, -0.05) is 107 Å². The first kappa shape index (κ1) is 92.6. The Morgan fingerprint density at radius 2 is 0.844 bits per heavy atom. The second-order valence-electron chi connectivity index (χ2n) is 20.9. The van der Waals surface area contributed by atoms with Gasteiger partial charge in [-0.15, -0.1) is 11.3 Å². The number of thiophene rings is 1. The SMILES string of the molecule is C.C.C.C.CC(=O)c1cc(C)ccn1.CC(=O)c1ccc(C)cc1.COC(=O)c1cc(C)cc(C(C)=O)c1.COC(=O)c1cc(C)cc(C(C)=O)n1.COC(=O)c1ccc(C)s1.COC(C)C(C(C)=O)c1ccc(C)cc1.Cc1ccc(C(=O)NO)cc1.Cc1ccnc(C)c1. The van der Waals surface area contributed by atoms with Crippen molar-refractivity contribution in [2.24, 2.45) is 0 Å². The number of carbonyl (C=O) groups is 9. The summed E-state index contributed by atoms with van der Waals surface area (Å²) in [6, 6.07) is 42.1. The lowest BCUT2D eigenvalue weighted by atomic mass is 9.90. The van der Waals surface area contributed by atoms with Crippen LogP contribution in [0.2, 0.25) is 0 Å². The van der Waals surface area contributed by atoms with Gasteiger partial charge in [-0.25, -0.2) is 24.8 Å². The number of esters is 3. The number of nitrogens with one attached hydrogen (secondary N) is 1. The van der Waals surface area contributed by atoms with Crippen LogP contribution in [-0.2, 0) is 23.7 Å². The number of ether oxygens (including phenoxy) is 4. The fraction of sp³-hybridized carbons (Fsp3) is 0.325. The molecule has 19 heteroatoms. The fourth-order valence-electron chi connectivity index (χ4n) is 7.64. The summed E-state index contributed by atoms with van der Waals surface area (Å²) in [6.45, 7) is 27.0. The summed E-state index contributed by atoms with van der Waals surface area (Å²) in [5.41, 5.74) is 14.4. The quantitative estimate of drug-likeness (QED) is 0.0379. The molecule has 0 spiro atoms. The number of hydroxylamine groups is 1. The Hall–Kier alpha value is -9.82. The molecule has 0 aliphatic rings. The fourth-order valence-corrected chi connectivity index (χ4v) is 8.43. The first-order chi connectivity index (χ1) is 43.3. The lowest BCUT2D eigenvalue weighted by Gasteiger charge is -2.20. The lowest BCUT2D eigenvalue weighted by Crippen LogP contribution is -2.23. The molecule has 520 valence electrons. The molecule has 4 aromatic heterocycles. The predicted molar refractivity (Wildman–Crippen MR) is 386 cm³/mol. The molecule has 1 amide bonds. The maximum absolute atomic E-state index is 11.5. The summed E-state index contributed by atoms with van der Waals surface area (Å²) >= 11 is 1.45. The van der Waals surface area contributed by atoms with E-state index in [4.69, 9.17) is 9.94 Å². The van der Waals surface area contributed by atoms with Gasteiger partial charge in [0.15, 0.2) is 23.1 Å². The van der Waals surface area contributed by atoms with Gasteiger partial charge in [-0.2, -0.15) is 0 Å². The lowest BCUT2D eigenvalue weighted by molar-refractivity contribution is -0.121. The number of aryl methyl sites for hydroxylation is 9. The highest BCUT2D eigenvalue weighted by Crippen LogP contribution is 2.23. The van der Waals surface area contributed by atoms with E-state index in [0.29, 0.717) is 27.3 Å². The molecule has 18 nitrogen and oxygen atoms in total. The summed E-state index contributed by atoms with van der Waals surface area (Å²) in [6.07, 6.45) is 3.39. The summed E-state index contributed by atoms with van der Waals surface area (Å²) in [5.74, 6) is -1.78. The molecule has 0 bridgehead atoms. The smallest absolute Gasteiger partial charge is 0.356 e. The molecule has 96 heavy (non-hydrogen) atoms. The summed E-state index contributed by atoms with van der Waals surface area (Å²) in [7, 11) is 5.62. The Labute approximate surface area is 574 Å². The van der Waals surface area contributed by atoms with Gasteiger partial charge in [0.25, 0.3) is 5.91 Å². The number of hydrogen-bond acceptors (Lipinski definition) is 18. The number of amides is 1. The molecule has 0 aliphatic heterocycles. The van der Waals surface area contributed by atoms with Crippen LogP contribution in [0.4, 0.5) is 0 Å². The van der Waals surface area contributed by atoms with Gasteiger partial charge in [-0.05, 0) is 197 Å². The molecular formula is C77H102N4O14S. The first-order valence-corrected chi connectivity index (χ1v) is 29.6. The van der Waals surface area contributed by atoms with Crippen LogP contribution in [0.1, 0.15) is 215 Å². The number of pyridine rings is 3. The highest BCUT2D eigenvalue weighted by atomic mass is 32.1. The topological polar surface area (TPSA) is 261 Å². The maximum atomic E-state index is 11.5. The third-order valence-electron chi connectivity index (χ3n) is 12.7. The van der Waals surface area contributed by atoms with Crippen molar-refractivity contribution in [3.63, 3.8) is 0 Å². The van der Waals surface area contributed by atoms with Crippen LogP contribution in [0.5, 0.6) is 0 Å². The van der Waals surface area contributed by atoms with E-state index in [1.54, 1.807) is 94.2 Å².